The molecule has 1 unspecified atom stereocenters. The number of ketones is 1. The van der Waals surface area contributed by atoms with E-state index in [1.807, 2.05) is 54.6 Å². The summed E-state index contributed by atoms with van der Waals surface area (Å²) in [5.74, 6) is 5.95. The Kier molecular flexibility index (Phi) is 6.55. The van der Waals surface area contributed by atoms with Crippen LogP contribution >= 0.6 is 0 Å². The molecule has 0 heterocycles. The zero-order chi connectivity index (χ0) is 18.3. The summed E-state index contributed by atoms with van der Waals surface area (Å²) in [6, 6.07) is 17.7. The molecule has 0 bridgehead atoms. The van der Waals surface area contributed by atoms with Crippen molar-refractivity contribution < 1.29 is 13.2 Å². The number of carbonyl (C=O) groups excluding carboxylic acids is 1. The molecule has 2 aromatic carbocycles. The van der Waals surface area contributed by atoms with E-state index in [2.05, 4.69) is 11.8 Å². The number of sulfone groups is 1. The second-order valence-electron chi connectivity index (χ2n) is 6.13. The summed E-state index contributed by atoms with van der Waals surface area (Å²) in [6.45, 7) is 1.34. The Morgan fingerprint density at radius 2 is 1.52 bits per heavy atom. The van der Waals surface area contributed by atoms with Gasteiger partial charge in [0.15, 0.2) is 9.84 Å². The Morgan fingerprint density at radius 1 is 0.960 bits per heavy atom. The maximum Gasteiger partial charge on any atom is 0.157 e. The van der Waals surface area contributed by atoms with Crippen LogP contribution in [0.25, 0.3) is 0 Å². The lowest BCUT2D eigenvalue weighted by molar-refractivity contribution is -0.116. The Labute approximate surface area is 150 Å². The van der Waals surface area contributed by atoms with Crippen LogP contribution in [0.5, 0.6) is 0 Å². The highest BCUT2D eigenvalue weighted by Crippen LogP contribution is 2.13. The summed E-state index contributed by atoms with van der Waals surface area (Å²) in [6.07, 6.45) is 2.89. The van der Waals surface area contributed by atoms with Crippen LogP contribution in [0.1, 0.15) is 36.5 Å². The van der Waals surface area contributed by atoms with Crippen molar-refractivity contribution in [2.24, 2.45) is 0 Å². The van der Waals surface area contributed by atoms with Gasteiger partial charge in [-0.15, -0.1) is 0 Å². The molecule has 0 aromatic heterocycles. The number of hydrogen-bond donors (Lipinski definition) is 0. The van der Waals surface area contributed by atoms with Crippen molar-refractivity contribution >= 4 is 15.6 Å². The summed E-state index contributed by atoms with van der Waals surface area (Å²) >= 11 is 0. The lowest BCUT2D eigenvalue weighted by Crippen LogP contribution is -2.27. The molecule has 0 aliphatic rings. The van der Waals surface area contributed by atoms with Crippen molar-refractivity contribution in [3.05, 3.63) is 71.3 Å². The van der Waals surface area contributed by atoms with Gasteiger partial charge in [0, 0.05) is 17.4 Å². The van der Waals surface area contributed by atoms with Gasteiger partial charge in [-0.25, -0.2) is 8.42 Å². The minimum atomic E-state index is -3.33. The van der Waals surface area contributed by atoms with Crippen molar-refractivity contribution in [2.45, 2.75) is 31.4 Å². The largest absolute Gasteiger partial charge is 0.299 e. The van der Waals surface area contributed by atoms with Crippen LogP contribution in [0.4, 0.5) is 0 Å². The zero-order valence-corrected chi connectivity index (χ0v) is 15.3. The summed E-state index contributed by atoms with van der Waals surface area (Å²) in [5.41, 5.74) is 3.02. The fourth-order valence-corrected chi connectivity index (χ4v) is 3.83. The fourth-order valence-electron chi connectivity index (χ4n) is 2.63. The Morgan fingerprint density at radius 3 is 2.04 bits per heavy atom. The van der Waals surface area contributed by atoms with Gasteiger partial charge >= 0.3 is 0 Å². The molecule has 4 heteroatoms. The average molecular weight is 354 g/mol. The quantitative estimate of drug-likeness (QED) is 0.747. The minimum Gasteiger partial charge on any atom is -0.299 e. The predicted octanol–water partition coefficient (Wildman–Crippen LogP) is 3.41. The van der Waals surface area contributed by atoms with E-state index in [0.717, 1.165) is 29.4 Å². The summed E-state index contributed by atoms with van der Waals surface area (Å²) in [5, 5.41) is -0.886. The molecule has 0 radical (unpaired) electrons. The standard InChI is InChI=1S/C21H22O3S/c1-17(22)21(25(2,23)24)10-6-9-19-12-15-20(16-13-19)14-11-18-7-4-3-5-8-18/h3-5,7-8,12-13,15-16,21H,6,9-10H2,1-2H3. The molecule has 2 aromatic rings. The van der Waals surface area contributed by atoms with E-state index < -0.39 is 15.1 Å². The van der Waals surface area contributed by atoms with E-state index in [1.54, 1.807) is 0 Å². The molecular weight excluding hydrogens is 332 g/mol. The Balaban J connectivity index is 1.93. The molecule has 0 amide bonds. The first-order valence-electron chi connectivity index (χ1n) is 8.21. The van der Waals surface area contributed by atoms with E-state index in [-0.39, 0.29) is 5.78 Å². The van der Waals surface area contributed by atoms with Gasteiger partial charge in [0.2, 0.25) is 0 Å². The topological polar surface area (TPSA) is 51.2 Å². The van der Waals surface area contributed by atoms with Crippen LogP contribution in [0.15, 0.2) is 54.6 Å². The highest BCUT2D eigenvalue weighted by Gasteiger charge is 2.24. The monoisotopic (exact) mass is 354 g/mol. The number of aryl methyl sites for hydroxylation is 1. The third-order valence-corrected chi connectivity index (χ3v) is 5.58. The number of hydrogen-bond acceptors (Lipinski definition) is 3. The Hall–Kier alpha value is -2.38. The first kappa shape index (κ1) is 19.0. The second kappa shape index (κ2) is 8.64. The first-order valence-corrected chi connectivity index (χ1v) is 10.2. The lowest BCUT2D eigenvalue weighted by atomic mass is 10.0. The fraction of sp³-hybridized carbons (Fsp3) is 0.286. The highest BCUT2D eigenvalue weighted by molar-refractivity contribution is 7.92. The second-order valence-corrected chi connectivity index (χ2v) is 8.36. The van der Waals surface area contributed by atoms with E-state index in [1.165, 1.54) is 6.92 Å². The number of rotatable bonds is 6. The van der Waals surface area contributed by atoms with Crippen molar-refractivity contribution in [3.8, 4) is 11.8 Å². The molecule has 2 rings (SSSR count). The van der Waals surface area contributed by atoms with Crippen LogP contribution in [0, 0.1) is 11.8 Å². The molecule has 0 N–H and O–H groups in total. The third-order valence-electron chi connectivity index (χ3n) is 3.98. The molecule has 0 saturated heterocycles. The average Bonchev–Trinajstić information content (AvgIpc) is 2.57. The third kappa shape index (κ3) is 6.21. The number of carbonyl (C=O) groups is 1. The maximum absolute atomic E-state index is 11.6. The number of Topliss-reactive ketones (excluding diaryl/α,β-unsaturated/α-hetero) is 1. The van der Waals surface area contributed by atoms with Gasteiger partial charge in [-0.3, -0.25) is 4.79 Å². The smallest absolute Gasteiger partial charge is 0.157 e. The molecule has 0 saturated carbocycles. The molecule has 0 aliphatic carbocycles. The van der Waals surface area contributed by atoms with Crippen molar-refractivity contribution in [3.63, 3.8) is 0 Å². The SMILES string of the molecule is CC(=O)C(CCCc1ccc(C#Cc2ccccc2)cc1)S(C)(=O)=O. The molecule has 1 atom stereocenters. The van der Waals surface area contributed by atoms with Gasteiger partial charge in [0.25, 0.3) is 0 Å². The molecular formula is C21H22O3S. The number of benzene rings is 2. The summed E-state index contributed by atoms with van der Waals surface area (Å²) in [4.78, 5) is 11.5. The van der Waals surface area contributed by atoms with E-state index in [0.29, 0.717) is 12.8 Å². The first-order chi connectivity index (χ1) is 11.9. The van der Waals surface area contributed by atoms with Crippen LogP contribution in [-0.2, 0) is 21.1 Å². The van der Waals surface area contributed by atoms with Crippen LogP contribution in [0.2, 0.25) is 0 Å². The predicted molar refractivity (Wildman–Crippen MR) is 101 cm³/mol. The normalized spacial score (nSPS) is 12.1. The maximum atomic E-state index is 11.6. The molecule has 25 heavy (non-hydrogen) atoms. The van der Waals surface area contributed by atoms with Crippen molar-refractivity contribution in [1.29, 1.82) is 0 Å². The van der Waals surface area contributed by atoms with Crippen molar-refractivity contribution in [2.75, 3.05) is 6.26 Å². The van der Waals surface area contributed by atoms with Gasteiger partial charge in [-0.1, -0.05) is 42.2 Å². The van der Waals surface area contributed by atoms with Crippen LogP contribution < -0.4 is 0 Å². The van der Waals surface area contributed by atoms with Crippen LogP contribution in [-0.4, -0.2) is 25.7 Å². The van der Waals surface area contributed by atoms with E-state index in [9.17, 15) is 13.2 Å². The lowest BCUT2D eigenvalue weighted by Gasteiger charge is -2.11. The zero-order valence-electron chi connectivity index (χ0n) is 14.5. The molecule has 0 aliphatic heterocycles. The minimum absolute atomic E-state index is 0.283. The van der Waals surface area contributed by atoms with Crippen LogP contribution in [0.3, 0.4) is 0 Å². The van der Waals surface area contributed by atoms with E-state index >= 15 is 0 Å². The Bertz CT molecular complexity index is 870. The molecule has 3 nitrogen and oxygen atoms in total. The van der Waals surface area contributed by atoms with Crippen molar-refractivity contribution in [1.82, 2.24) is 0 Å². The van der Waals surface area contributed by atoms with E-state index in [4.69, 9.17) is 0 Å². The van der Waals surface area contributed by atoms with Gasteiger partial charge in [-0.2, -0.15) is 0 Å². The molecule has 0 spiro atoms. The highest BCUT2D eigenvalue weighted by atomic mass is 32.2. The van der Waals surface area contributed by atoms with Gasteiger partial charge in [0.1, 0.15) is 11.0 Å². The molecule has 0 fully saturated rings. The summed E-state index contributed by atoms with van der Waals surface area (Å²) < 4.78 is 23.2. The van der Waals surface area contributed by atoms with Gasteiger partial charge in [0.05, 0.1) is 0 Å². The molecule has 130 valence electrons. The van der Waals surface area contributed by atoms with Gasteiger partial charge < -0.3 is 0 Å². The summed E-state index contributed by atoms with van der Waals surface area (Å²) in [7, 11) is -3.33. The van der Waals surface area contributed by atoms with Gasteiger partial charge in [-0.05, 0) is 56.0 Å².